The van der Waals surface area contributed by atoms with Gasteiger partial charge in [-0.1, -0.05) is 0 Å². The van der Waals surface area contributed by atoms with Gasteiger partial charge in [0.1, 0.15) is 0 Å². The van der Waals surface area contributed by atoms with Crippen LogP contribution in [-0.4, -0.2) is 36.0 Å². The number of nitrogens with one attached hydrogen (secondary N) is 1. The summed E-state index contributed by atoms with van der Waals surface area (Å²) >= 11 is 0. The van der Waals surface area contributed by atoms with Gasteiger partial charge in [0.05, 0.1) is 23.9 Å². The van der Waals surface area contributed by atoms with E-state index in [0.717, 1.165) is 31.5 Å². The van der Waals surface area contributed by atoms with Gasteiger partial charge in [-0.3, -0.25) is 9.59 Å². The van der Waals surface area contributed by atoms with Crippen LogP contribution in [0.2, 0.25) is 0 Å². The number of nitrogens with zero attached hydrogens (tertiary/aromatic N) is 1. The number of fused-ring (bicyclic) bond motifs is 1. The highest BCUT2D eigenvalue weighted by molar-refractivity contribution is 6.51. The third-order valence-electron chi connectivity index (χ3n) is 3.87. The van der Waals surface area contributed by atoms with Crippen molar-refractivity contribution in [3.05, 3.63) is 23.8 Å². The second-order valence-electron chi connectivity index (χ2n) is 5.04. The molecule has 5 heteroatoms. The van der Waals surface area contributed by atoms with Crippen molar-refractivity contribution in [3.8, 4) is 0 Å². The SMILES string of the molecule is O=C1Nc2cc(N3CCCCC3CO)ccc2C1=O. The van der Waals surface area contributed by atoms with Crippen molar-refractivity contribution in [1.29, 1.82) is 0 Å². The number of aliphatic hydroxyl groups is 1. The zero-order valence-corrected chi connectivity index (χ0v) is 10.6. The van der Waals surface area contributed by atoms with Gasteiger partial charge < -0.3 is 15.3 Å². The van der Waals surface area contributed by atoms with Gasteiger partial charge >= 0.3 is 0 Å². The maximum atomic E-state index is 11.5. The first-order valence-electron chi connectivity index (χ1n) is 6.58. The minimum absolute atomic E-state index is 0.125. The van der Waals surface area contributed by atoms with Crippen LogP contribution in [0.3, 0.4) is 0 Å². The topological polar surface area (TPSA) is 69.6 Å². The monoisotopic (exact) mass is 260 g/mol. The molecule has 2 aliphatic rings. The van der Waals surface area contributed by atoms with Gasteiger partial charge in [-0.15, -0.1) is 0 Å². The first kappa shape index (κ1) is 12.2. The zero-order chi connectivity index (χ0) is 13.4. The number of hydrogen-bond donors (Lipinski definition) is 2. The Balaban J connectivity index is 1.92. The van der Waals surface area contributed by atoms with E-state index in [9.17, 15) is 14.7 Å². The van der Waals surface area contributed by atoms with Crippen LogP contribution in [0.4, 0.5) is 11.4 Å². The summed E-state index contributed by atoms with van der Waals surface area (Å²) < 4.78 is 0. The minimum Gasteiger partial charge on any atom is -0.394 e. The molecule has 0 spiro atoms. The molecule has 2 heterocycles. The molecule has 5 nitrogen and oxygen atoms in total. The normalized spacial score (nSPS) is 22.4. The first-order chi connectivity index (χ1) is 9.20. The summed E-state index contributed by atoms with van der Waals surface area (Å²) in [5, 5.41) is 12.0. The smallest absolute Gasteiger partial charge is 0.296 e. The summed E-state index contributed by atoms with van der Waals surface area (Å²) in [7, 11) is 0. The van der Waals surface area contributed by atoms with Crippen molar-refractivity contribution in [2.45, 2.75) is 25.3 Å². The Morgan fingerprint density at radius 3 is 2.95 bits per heavy atom. The molecule has 100 valence electrons. The lowest BCUT2D eigenvalue weighted by molar-refractivity contribution is -0.112. The minimum atomic E-state index is -0.565. The number of aliphatic hydroxyl groups excluding tert-OH is 1. The van der Waals surface area contributed by atoms with Crippen molar-refractivity contribution >= 4 is 23.1 Å². The van der Waals surface area contributed by atoms with E-state index in [-0.39, 0.29) is 12.6 Å². The molecule has 0 aliphatic carbocycles. The van der Waals surface area contributed by atoms with Crippen LogP contribution in [0.1, 0.15) is 29.6 Å². The van der Waals surface area contributed by atoms with Gasteiger partial charge in [0.25, 0.3) is 11.7 Å². The number of Topliss-reactive ketones (excluding diaryl/α,β-unsaturated/α-hetero) is 1. The first-order valence-corrected chi connectivity index (χ1v) is 6.58. The Morgan fingerprint density at radius 2 is 2.16 bits per heavy atom. The molecule has 0 aromatic heterocycles. The van der Waals surface area contributed by atoms with E-state index in [1.165, 1.54) is 0 Å². The fraction of sp³-hybridized carbons (Fsp3) is 0.429. The highest BCUT2D eigenvalue weighted by atomic mass is 16.3. The van der Waals surface area contributed by atoms with E-state index in [1.807, 2.05) is 12.1 Å². The molecule has 1 saturated heterocycles. The molecule has 19 heavy (non-hydrogen) atoms. The number of benzene rings is 1. The summed E-state index contributed by atoms with van der Waals surface area (Å²) in [4.78, 5) is 25.0. The van der Waals surface area contributed by atoms with Crippen LogP contribution in [0.15, 0.2) is 18.2 Å². The zero-order valence-electron chi connectivity index (χ0n) is 10.6. The molecule has 1 aromatic carbocycles. The van der Waals surface area contributed by atoms with Crippen LogP contribution < -0.4 is 10.2 Å². The number of carbonyl (C=O) groups excluding carboxylic acids is 2. The molecule has 2 N–H and O–H groups in total. The predicted octanol–water partition coefficient (Wildman–Crippen LogP) is 1.17. The number of amides is 1. The average molecular weight is 260 g/mol. The van der Waals surface area contributed by atoms with E-state index in [4.69, 9.17) is 0 Å². The molecular formula is C14H16N2O3. The van der Waals surface area contributed by atoms with Gasteiger partial charge in [-0.05, 0) is 37.5 Å². The van der Waals surface area contributed by atoms with E-state index < -0.39 is 11.7 Å². The molecule has 1 fully saturated rings. The fourth-order valence-corrected chi connectivity index (χ4v) is 2.84. The van der Waals surface area contributed by atoms with Crippen LogP contribution >= 0.6 is 0 Å². The summed E-state index contributed by atoms with van der Waals surface area (Å²) in [5.74, 6) is -1.04. The van der Waals surface area contributed by atoms with Crippen molar-refractivity contribution in [2.75, 3.05) is 23.4 Å². The lowest BCUT2D eigenvalue weighted by Crippen LogP contribution is -2.41. The Hall–Kier alpha value is -1.88. The highest BCUT2D eigenvalue weighted by Crippen LogP contribution is 2.31. The second-order valence-corrected chi connectivity index (χ2v) is 5.04. The molecule has 0 radical (unpaired) electrons. The average Bonchev–Trinajstić information content (AvgIpc) is 2.73. The second kappa shape index (κ2) is 4.66. The fourth-order valence-electron chi connectivity index (χ4n) is 2.84. The van der Waals surface area contributed by atoms with Gasteiger partial charge in [-0.2, -0.15) is 0 Å². The van der Waals surface area contributed by atoms with Gasteiger partial charge in [0.15, 0.2) is 0 Å². The number of anilines is 2. The third-order valence-corrected chi connectivity index (χ3v) is 3.87. The van der Waals surface area contributed by atoms with Gasteiger partial charge in [-0.25, -0.2) is 0 Å². The molecule has 1 aromatic rings. The maximum absolute atomic E-state index is 11.5. The summed E-state index contributed by atoms with van der Waals surface area (Å²) in [6.07, 6.45) is 3.19. The van der Waals surface area contributed by atoms with E-state index in [2.05, 4.69) is 10.2 Å². The largest absolute Gasteiger partial charge is 0.394 e. The van der Waals surface area contributed by atoms with Crippen LogP contribution in [0.5, 0.6) is 0 Å². The summed E-state index contributed by atoms with van der Waals surface area (Å²) in [5.41, 5.74) is 1.97. The molecule has 1 atom stereocenters. The van der Waals surface area contributed by atoms with Crippen LogP contribution in [0.25, 0.3) is 0 Å². The van der Waals surface area contributed by atoms with E-state index >= 15 is 0 Å². The molecule has 0 bridgehead atoms. The summed E-state index contributed by atoms with van der Waals surface area (Å²) in [6.45, 7) is 1.02. The highest BCUT2D eigenvalue weighted by Gasteiger charge is 2.29. The Bertz CT molecular complexity index is 541. The van der Waals surface area contributed by atoms with Gasteiger partial charge in [0, 0.05) is 12.2 Å². The molecule has 3 rings (SSSR count). The quantitative estimate of drug-likeness (QED) is 0.783. The van der Waals surface area contributed by atoms with Crippen molar-refractivity contribution < 1.29 is 14.7 Å². The lowest BCUT2D eigenvalue weighted by atomic mass is 10.0. The third kappa shape index (κ3) is 2.00. The number of carbonyl (C=O) groups is 2. The van der Waals surface area contributed by atoms with E-state index in [1.54, 1.807) is 6.07 Å². The molecule has 1 amide bonds. The lowest BCUT2D eigenvalue weighted by Gasteiger charge is -2.36. The van der Waals surface area contributed by atoms with E-state index in [0.29, 0.717) is 11.3 Å². The number of piperidine rings is 1. The number of hydrogen-bond acceptors (Lipinski definition) is 4. The maximum Gasteiger partial charge on any atom is 0.296 e. The molecule has 2 aliphatic heterocycles. The number of rotatable bonds is 2. The van der Waals surface area contributed by atoms with Crippen molar-refractivity contribution in [3.63, 3.8) is 0 Å². The predicted molar refractivity (Wildman–Crippen MR) is 71.5 cm³/mol. The van der Waals surface area contributed by atoms with Crippen molar-refractivity contribution in [1.82, 2.24) is 0 Å². The standard InChI is InChI=1S/C14H16N2O3/c17-8-10-3-1-2-6-16(10)9-4-5-11-12(7-9)15-14(19)13(11)18/h4-5,7,10,17H,1-3,6,8H2,(H,15,18,19). The Labute approximate surface area is 111 Å². The molecular weight excluding hydrogens is 244 g/mol. The Kier molecular flexibility index (Phi) is 2.98. The van der Waals surface area contributed by atoms with Gasteiger partial charge in [0.2, 0.25) is 0 Å². The molecule has 1 unspecified atom stereocenters. The van der Waals surface area contributed by atoms with Crippen LogP contribution in [-0.2, 0) is 4.79 Å². The molecule has 0 saturated carbocycles. The van der Waals surface area contributed by atoms with Crippen LogP contribution in [0, 0.1) is 0 Å². The number of ketones is 1. The van der Waals surface area contributed by atoms with Crippen molar-refractivity contribution in [2.24, 2.45) is 0 Å². The summed E-state index contributed by atoms with van der Waals surface area (Å²) in [6, 6.07) is 5.49. The Morgan fingerprint density at radius 1 is 1.32 bits per heavy atom.